The zero-order chi connectivity index (χ0) is 15.4. The Labute approximate surface area is 134 Å². The first-order valence-electron chi connectivity index (χ1n) is 6.64. The molecule has 21 heavy (non-hydrogen) atoms. The molecular formula is C16H16Cl2N2O. The monoisotopic (exact) mass is 322 g/mol. The van der Waals surface area contributed by atoms with Crippen LogP contribution in [0.15, 0.2) is 42.6 Å². The lowest BCUT2D eigenvalue weighted by Gasteiger charge is -2.27. The van der Waals surface area contributed by atoms with Crippen LogP contribution in [0.2, 0.25) is 10.2 Å². The van der Waals surface area contributed by atoms with Crippen LogP contribution in [-0.2, 0) is 6.54 Å². The highest BCUT2D eigenvalue weighted by atomic mass is 35.5. The first-order valence-corrected chi connectivity index (χ1v) is 7.40. The average Bonchev–Trinajstić information content (AvgIpc) is 2.44. The number of halogens is 2. The van der Waals surface area contributed by atoms with Crippen molar-refractivity contribution >= 4 is 29.1 Å². The molecule has 110 valence electrons. The fourth-order valence-corrected chi connectivity index (χ4v) is 2.31. The van der Waals surface area contributed by atoms with Crippen molar-refractivity contribution in [3.05, 3.63) is 63.9 Å². The maximum atomic E-state index is 12.6. The standard InChI is InChI=1S/C16H16Cl2N2O/c1-11(2)20(10-12-4-3-5-14(17)8-12)16(21)13-6-7-15(18)19-9-13/h3-9,11H,10H2,1-2H3. The van der Waals surface area contributed by atoms with Crippen molar-refractivity contribution in [1.29, 1.82) is 0 Å². The van der Waals surface area contributed by atoms with Crippen molar-refractivity contribution in [2.24, 2.45) is 0 Å². The molecule has 0 aliphatic heterocycles. The van der Waals surface area contributed by atoms with E-state index in [9.17, 15) is 4.79 Å². The maximum absolute atomic E-state index is 12.6. The van der Waals surface area contributed by atoms with Gasteiger partial charge in [0.1, 0.15) is 5.15 Å². The number of hydrogen-bond acceptors (Lipinski definition) is 2. The quantitative estimate of drug-likeness (QED) is 0.779. The van der Waals surface area contributed by atoms with Crippen molar-refractivity contribution in [2.75, 3.05) is 0 Å². The second-order valence-corrected chi connectivity index (χ2v) is 5.85. The summed E-state index contributed by atoms with van der Waals surface area (Å²) in [5.74, 6) is -0.0749. The third-order valence-electron chi connectivity index (χ3n) is 3.10. The van der Waals surface area contributed by atoms with Crippen LogP contribution in [-0.4, -0.2) is 21.8 Å². The summed E-state index contributed by atoms with van der Waals surface area (Å²) in [6.45, 7) is 4.46. The average molecular weight is 323 g/mol. The molecule has 0 atom stereocenters. The summed E-state index contributed by atoms with van der Waals surface area (Å²) in [4.78, 5) is 18.3. The fourth-order valence-electron chi connectivity index (χ4n) is 1.99. The van der Waals surface area contributed by atoms with Gasteiger partial charge in [0, 0.05) is 23.8 Å². The van der Waals surface area contributed by atoms with Crippen molar-refractivity contribution in [2.45, 2.75) is 26.4 Å². The molecule has 0 spiro atoms. The van der Waals surface area contributed by atoms with Gasteiger partial charge in [0.2, 0.25) is 0 Å². The molecular weight excluding hydrogens is 307 g/mol. The van der Waals surface area contributed by atoms with Gasteiger partial charge in [-0.2, -0.15) is 0 Å². The number of aromatic nitrogens is 1. The Kier molecular flexibility index (Phi) is 5.21. The van der Waals surface area contributed by atoms with Crippen LogP contribution < -0.4 is 0 Å². The van der Waals surface area contributed by atoms with Crippen LogP contribution in [0.3, 0.4) is 0 Å². The van der Waals surface area contributed by atoms with Gasteiger partial charge in [0.25, 0.3) is 5.91 Å². The van der Waals surface area contributed by atoms with Gasteiger partial charge in [-0.25, -0.2) is 4.98 Å². The van der Waals surface area contributed by atoms with Gasteiger partial charge in [0.05, 0.1) is 5.56 Å². The number of amides is 1. The van der Waals surface area contributed by atoms with Crippen LogP contribution in [0.4, 0.5) is 0 Å². The lowest BCUT2D eigenvalue weighted by atomic mass is 10.1. The highest BCUT2D eigenvalue weighted by molar-refractivity contribution is 6.30. The predicted octanol–water partition coefficient (Wildman–Crippen LogP) is 4.44. The number of carbonyl (C=O) groups is 1. The van der Waals surface area contributed by atoms with Gasteiger partial charge < -0.3 is 4.90 Å². The van der Waals surface area contributed by atoms with Gasteiger partial charge in [-0.1, -0.05) is 35.3 Å². The molecule has 1 aromatic carbocycles. The number of pyridine rings is 1. The van der Waals surface area contributed by atoms with E-state index < -0.39 is 0 Å². The second kappa shape index (κ2) is 6.92. The topological polar surface area (TPSA) is 33.2 Å². The minimum absolute atomic E-state index is 0.0622. The summed E-state index contributed by atoms with van der Waals surface area (Å²) in [5, 5.41) is 1.04. The molecule has 0 bridgehead atoms. The SMILES string of the molecule is CC(C)N(Cc1cccc(Cl)c1)C(=O)c1ccc(Cl)nc1. The molecule has 0 saturated heterocycles. The predicted molar refractivity (Wildman–Crippen MR) is 85.7 cm³/mol. The van der Waals surface area contributed by atoms with Crippen LogP contribution >= 0.6 is 23.2 Å². The first kappa shape index (κ1) is 15.8. The van der Waals surface area contributed by atoms with Crippen LogP contribution in [0.1, 0.15) is 29.8 Å². The van der Waals surface area contributed by atoms with Crippen molar-refractivity contribution < 1.29 is 4.79 Å². The smallest absolute Gasteiger partial charge is 0.255 e. The minimum Gasteiger partial charge on any atom is -0.332 e. The summed E-state index contributed by atoms with van der Waals surface area (Å²) < 4.78 is 0. The van der Waals surface area contributed by atoms with Gasteiger partial charge >= 0.3 is 0 Å². The largest absolute Gasteiger partial charge is 0.332 e. The Morgan fingerprint density at radius 3 is 2.57 bits per heavy atom. The van der Waals surface area contributed by atoms with Crippen LogP contribution in [0.5, 0.6) is 0 Å². The fraction of sp³-hybridized carbons (Fsp3) is 0.250. The number of hydrogen-bond donors (Lipinski definition) is 0. The summed E-state index contributed by atoms with van der Waals surface area (Å²) in [7, 11) is 0. The van der Waals surface area contributed by atoms with Gasteiger partial charge in [-0.3, -0.25) is 4.79 Å². The second-order valence-electron chi connectivity index (χ2n) is 5.03. The molecule has 2 rings (SSSR count). The molecule has 2 aromatic rings. The Morgan fingerprint density at radius 2 is 2.00 bits per heavy atom. The number of rotatable bonds is 4. The number of nitrogens with zero attached hydrogens (tertiary/aromatic N) is 2. The maximum Gasteiger partial charge on any atom is 0.255 e. The molecule has 0 N–H and O–H groups in total. The molecule has 0 radical (unpaired) electrons. The molecule has 0 unspecified atom stereocenters. The molecule has 0 aliphatic carbocycles. The van der Waals surface area contributed by atoms with E-state index in [2.05, 4.69) is 4.98 Å². The molecule has 0 aliphatic rings. The zero-order valence-corrected chi connectivity index (χ0v) is 13.4. The molecule has 1 amide bonds. The molecule has 0 fully saturated rings. The van der Waals surface area contributed by atoms with Gasteiger partial charge in [-0.15, -0.1) is 0 Å². The van der Waals surface area contributed by atoms with E-state index in [1.807, 2.05) is 38.1 Å². The lowest BCUT2D eigenvalue weighted by molar-refractivity contribution is 0.0690. The number of carbonyl (C=O) groups excluding carboxylic acids is 1. The summed E-state index contributed by atoms with van der Waals surface area (Å²) >= 11 is 11.7. The highest BCUT2D eigenvalue weighted by Gasteiger charge is 2.19. The molecule has 1 heterocycles. The Balaban J connectivity index is 2.22. The first-order chi connectivity index (χ1) is 9.97. The summed E-state index contributed by atoms with van der Waals surface area (Å²) in [6.07, 6.45) is 1.50. The van der Waals surface area contributed by atoms with E-state index in [0.717, 1.165) is 5.56 Å². The van der Waals surface area contributed by atoms with Gasteiger partial charge in [-0.05, 0) is 43.7 Å². The van der Waals surface area contributed by atoms with Crippen LogP contribution in [0.25, 0.3) is 0 Å². The van der Waals surface area contributed by atoms with Gasteiger partial charge in [0.15, 0.2) is 0 Å². The van der Waals surface area contributed by atoms with E-state index in [4.69, 9.17) is 23.2 Å². The van der Waals surface area contributed by atoms with E-state index in [0.29, 0.717) is 22.3 Å². The summed E-state index contributed by atoms with van der Waals surface area (Å²) in [6, 6.07) is 10.9. The zero-order valence-electron chi connectivity index (χ0n) is 11.9. The third-order valence-corrected chi connectivity index (χ3v) is 3.56. The Bertz CT molecular complexity index is 626. The van der Waals surface area contributed by atoms with Crippen molar-refractivity contribution in [3.8, 4) is 0 Å². The lowest BCUT2D eigenvalue weighted by Crippen LogP contribution is -2.36. The normalized spacial score (nSPS) is 10.7. The van der Waals surface area contributed by atoms with Crippen molar-refractivity contribution in [1.82, 2.24) is 9.88 Å². The van der Waals surface area contributed by atoms with E-state index >= 15 is 0 Å². The molecule has 1 aromatic heterocycles. The Hall–Kier alpha value is -1.58. The van der Waals surface area contributed by atoms with E-state index in [-0.39, 0.29) is 11.9 Å². The number of benzene rings is 1. The summed E-state index contributed by atoms with van der Waals surface area (Å²) in [5.41, 5.74) is 1.52. The third kappa shape index (κ3) is 4.19. The van der Waals surface area contributed by atoms with Crippen LogP contribution in [0, 0.1) is 0 Å². The minimum atomic E-state index is -0.0749. The highest BCUT2D eigenvalue weighted by Crippen LogP contribution is 2.17. The van der Waals surface area contributed by atoms with Crippen molar-refractivity contribution in [3.63, 3.8) is 0 Å². The molecule has 5 heteroatoms. The van der Waals surface area contributed by atoms with E-state index in [1.165, 1.54) is 6.20 Å². The molecule has 0 saturated carbocycles. The van der Waals surface area contributed by atoms with E-state index in [1.54, 1.807) is 17.0 Å². The molecule has 3 nitrogen and oxygen atoms in total. The Morgan fingerprint density at radius 1 is 1.24 bits per heavy atom.